The quantitative estimate of drug-likeness (QED) is 0.159. The minimum Gasteiger partial charge on any atom is -0.309 e. The van der Waals surface area contributed by atoms with Gasteiger partial charge in [-0.15, -0.1) is 0 Å². The standard InChI is InChI=1S/C60H39N3/c1-3-18-40(19-4-1)42-22-15-23-43(36-42)45-37-44(41-20-5-2-6-21-41)38-46(39-45)61-52-29-11-9-26-49(52)50-28-16-35-58(60(50)61)63-55-32-14-10-27-51(55)59-56(33-17-34-57(59)63)62-53-30-12-7-24-47(53)48-25-8-13-31-54(48)62/h1-39H/i1D,2D,3D,4D,5D,6D,15D,18D,19D,20D,21D,22D,23D,36D,37D,38D,39D. The van der Waals surface area contributed by atoms with Gasteiger partial charge < -0.3 is 13.7 Å². The highest BCUT2D eigenvalue weighted by molar-refractivity contribution is 6.18. The van der Waals surface area contributed by atoms with Crippen molar-refractivity contribution in [2.24, 2.45) is 0 Å². The number of benzene rings is 10. The van der Waals surface area contributed by atoms with Crippen molar-refractivity contribution in [1.82, 2.24) is 13.7 Å². The highest BCUT2D eigenvalue weighted by Crippen LogP contribution is 2.44. The van der Waals surface area contributed by atoms with Crippen LogP contribution in [0.4, 0.5) is 0 Å². The highest BCUT2D eigenvalue weighted by Gasteiger charge is 2.23. The van der Waals surface area contributed by atoms with E-state index >= 15 is 0 Å². The van der Waals surface area contributed by atoms with E-state index in [-0.39, 0.29) is 5.69 Å². The monoisotopic (exact) mass is 818 g/mol. The first-order chi connectivity index (χ1) is 38.4. The van der Waals surface area contributed by atoms with E-state index in [1.165, 1.54) is 0 Å². The number of hydrogen-bond donors (Lipinski definition) is 0. The van der Waals surface area contributed by atoms with Crippen LogP contribution in [0.2, 0.25) is 0 Å². The van der Waals surface area contributed by atoms with Crippen LogP contribution in [-0.4, -0.2) is 13.7 Å². The van der Waals surface area contributed by atoms with E-state index in [1.54, 1.807) is 16.7 Å². The fourth-order valence-electron chi connectivity index (χ4n) is 9.20. The van der Waals surface area contributed by atoms with Gasteiger partial charge in [-0.2, -0.15) is 0 Å². The first-order valence-corrected chi connectivity index (χ1v) is 20.3. The summed E-state index contributed by atoms with van der Waals surface area (Å²) in [5.41, 5.74) is 1.80. The third-order valence-corrected chi connectivity index (χ3v) is 11.7. The van der Waals surface area contributed by atoms with E-state index in [9.17, 15) is 9.60 Å². The number of nitrogens with zero attached hydrogens (tertiary/aromatic N) is 3. The van der Waals surface area contributed by atoms with Crippen LogP contribution in [0.5, 0.6) is 0 Å². The third kappa shape index (κ3) is 5.46. The van der Waals surface area contributed by atoms with E-state index in [0.29, 0.717) is 27.5 Å². The molecule has 0 N–H and O–H groups in total. The second-order valence-corrected chi connectivity index (χ2v) is 15.1. The van der Waals surface area contributed by atoms with Crippen LogP contribution in [0.15, 0.2) is 236 Å². The molecule has 63 heavy (non-hydrogen) atoms. The average Bonchev–Trinajstić information content (AvgIpc) is 4.14. The first-order valence-electron chi connectivity index (χ1n) is 28.8. The van der Waals surface area contributed by atoms with Gasteiger partial charge in [0, 0.05) is 38.0 Å². The number of para-hydroxylation sites is 5. The fourth-order valence-corrected chi connectivity index (χ4v) is 9.20. The lowest BCUT2D eigenvalue weighted by Gasteiger charge is -2.17. The van der Waals surface area contributed by atoms with E-state index in [1.807, 2.05) is 84.9 Å². The first kappa shape index (κ1) is 22.4. The molecule has 3 heterocycles. The number of fused-ring (bicyclic) bond motifs is 9. The third-order valence-electron chi connectivity index (χ3n) is 11.7. The minimum absolute atomic E-state index is 0.312. The molecule has 0 bridgehead atoms. The molecule has 3 nitrogen and oxygen atoms in total. The lowest BCUT2D eigenvalue weighted by Crippen LogP contribution is -2.01. The summed E-state index contributed by atoms with van der Waals surface area (Å²) in [7, 11) is 0. The maximum Gasteiger partial charge on any atom is 0.0782 e. The van der Waals surface area contributed by atoms with Crippen molar-refractivity contribution in [2.45, 2.75) is 0 Å². The molecule has 0 spiro atoms. The summed E-state index contributed by atoms with van der Waals surface area (Å²) >= 11 is 0. The Morgan fingerprint density at radius 3 is 1.35 bits per heavy atom. The second-order valence-electron chi connectivity index (χ2n) is 15.1. The molecule has 10 aromatic carbocycles. The number of aromatic nitrogens is 3. The topological polar surface area (TPSA) is 14.8 Å². The Morgan fingerprint density at radius 2 is 0.698 bits per heavy atom. The number of hydrogen-bond acceptors (Lipinski definition) is 0. The SMILES string of the molecule is [2H]c1c([2H])c([2H])c(-c2c([2H])c([2H])c([2H])c(-c3c([2H])c(-c4c([2H])c([2H])c([2H])c([2H])c4[2H])c([2H])c(-n4c5ccccc5c5cccc(-n6c7ccccc7c7c(-n8c9ccccc9c9ccccc98)cccc76)c54)c3[2H])c2[2H])c([2H])c1[2H]. The molecule has 13 rings (SSSR count). The summed E-state index contributed by atoms with van der Waals surface area (Å²) in [5.74, 6) is 0. The van der Waals surface area contributed by atoms with Crippen LogP contribution in [0.1, 0.15) is 23.3 Å². The van der Waals surface area contributed by atoms with Crippen molar-refractivity contribution in [3.8, 4) is 50.4 Å². The van der Waals surface area contributed by atoms with Gasteiger partial charge in [0.15, 0.2) is 0 Å². The van der Waals surface area contributed by atoms with Crippen LogP contribution < -0.4 is 0 Å². The van der Waals surface area contributed by atoms with Gasteiger partial charge in [0.25, 0.3) is 0 Å². The maximum absolute atomic E-state index is 10.4. The van der Waals surface area contributed by atoms with Crippen molar-refractivity contribution >= 4 is 65.4 Å². The van der Waals surface area contributed by atoms with Gasteiger partial charge in [0.05, 0.1) is 67.8 Å². The van der Waals surface area contributed by atoms with Gasteiger partial charge in [-0.25, -0.2) is 0 Å². The van der Waals surface area contributed by atoms with E-state index in [4.69, 9.17) is 13.7 Å². The van der Waals surface area contributed by atoms with Crippen LogP contribution in [0.25, 0.3) is 116 Å². The molecule has 0 aliphatic heterocycles. The van der Waals surface area contributed by atoms with Crippen LogP contribution >= 0.6 is 0 Å². The molecule has 3 heteroatoms. The summed E-state index contributed by atoms with van der Waals surface area (Å²) in [6.07, 6.45) is 0. The molecule has 0 amide bonds. The largest absolute Gasteiger partial charge is 0.309 e. The van der Waals surface area contributed by atoms with Crippen molar-refractivity contribution in [3.05, 3.63) is 236 Å². The molecule has 0 saturated carbocycles. The van der Waals surface area contributed by atoms with E-state index in [2.05, 4.69) is 45.5 Å². The molecule has 0 unspecified atom stereocenters. The zero-order valence-electron chi connectivity index (χ0n) is 50.0. The molecule has 3 aromatic heterocycles. The Labute approximate surface area is 388 Å². The average molecular weight is 819 g/mol. The lowest BCUT2D eigenvalue weighted by atomic mass is 9.95. The van der Waals surface area contributed by atoms with Crippen molar-refractivity contribution < 1.29 is 23.3 Å². The van der Waals surface area contributed by atoms with Crippen LogP contribution in [-0.2, 0) is 0 Å². The molecule has 0 atom stereocenters. The Bertz CT molecular complexity index is 4830. The summed E-state index contributed by atoms with van der Waals surface area (Å²) in [6, 6.07) is 29.8. The van der Waals surface area contributed by atoms with Gasteiger partial charge in [-0.1, -0.05) is 170 Å². The summed E-state index contributed by atoms with van der Waals surface area (Å²) in [5, 5.41) is 5.24. The van der Waals surface area contributed by atoms with Gasteiger partial charge in [0.2, 0.25) is 0 Å². The van der Waals surface area contributed by atoms with Crippen molar-refractivity contribution in [2.75, 3.05) is 0 Å². The van der Waals surface area contributed by atoms with Crippen molar-refractivity contribution in [1.29, 1.82) is 0 Å². The minimum atomic E-state index is -0.886. The molecule has 294 valence electrons. The van der Waals surface area contributed by atoms with E-state index in [0.717, 1.165) is 49.3 Å². The normalized spacial score (nSPS) is 15.6. The molecule has 0 aliphatic carbocycles. The Kier molecular flexibility index (Phi) is 5.02. The fraction of sp³-hybridized carbons (Fsp3) is 0. The predicted molar refractivity (Wildman–Crippen MR) is 266 cm³/mol. The van der Waals surface area contributed by atoms with Gasteiger partial charge in [0.1, 0.15) is 0 Å². The molecule has 0 aliphatic rings. The highest BCUT2D eigenvalue weighted by atomic mass is 15.1. The molecule has 13 aromatic rings. The summed E-state index contributed by atoms with van der Waals surface area (Å²) in [6.45, 7) is 0. The number of rotatable bonds is 6. The molecular weight excluding hydrogens is 763 g/mol. The second kappa shape index (κ2) is 14.1. The molecule has 0 saturated heterocycles. The van der Waals surface area contributed by atoms with Gasteiger partial charge >= 0.3 is 0 Å². The van der Waals surface area contributed by atoms with Crippen LogP contribution in [0.3, 0.4) is 0 Å². The lowest BCUT2D eigenvalue weighted by molar-refractivity contribution is 1.13. The van der Waals surface area contributed by atoms with Crippen LogP contribution in [0, 0.1) is 0 Å². The van der Waals surface area contributed by atoms with E-state index < -0.39 is 136 Å². The summed E-state index contributed by atoms with van der Waals surface area (Å²) < 4.78 is 161. The predicted octanol–water partition coefficient (Wildman–Crippen LogP) is 16.0. The zero-order chi connectivity index (χ0) is 56.2. The Balaban J connectivity index is 1.20. The smallest absolute Gasteiger partial charge is 0.0782 e. The Hall–Kier alpha value is -8.40. The molecular formula is C60H39N3. The zero-order valence-corrected chi connectivity index (χ0v) is 33.0. The van der Waals surface area contributed by atoms with Crippen molar-refractivity contribution in [3.63, 3.8) is 0 Å². The van der Waals surface area contributed by atoms with Gasteiger partial charge in [-0.3, -0.25) is 0 Å². The molecule has 0 radical (unpaired) electrons. The molecule has 0 fully saturated rings. The van der Waals surface area contributed by atoms with Gasteiger partial charge in [-0.05, 0) is 100 Å². The maximum atomic E-state index is 10.4. The summed E-state index contributed by atoms with van der Waals surface area (Å²) in [4.78, 5) is 0. The Morgan fingerprint density at radius 1 is 0.286 bits per heavy atom.